The smallest absolute Gasteiger partial charge is 0.326 e. The highest BCUT2D eigenvalue weighted by atomic mass is 16.5. The predicted molar refractivity (Wildman–Crippen MR) is 68.1 cm³/mol. The van der Waals surface area contributed by atoms with Crippen LogP contribution < -0.4 is 0 Å². The Morgan fingerprint density at radius 1 is 1.47 bits per heavy atom. The van der Waals surface area contributed by atoms with E-state index in [-0.39, 0.29) is 12.1 Å². The summed E-state index contributed by atoms with van der Waals surface area (Å²) in [5.41, 5.74) is 0. The lowest BCUT2D eigenvalue weighted by atomic mass is 10.2. The van der Waals surface area contributed by atoms with Gasteiger partial charge in [-0.2, -0.15) is 0 Å². The number of hydrogen-bond acceptors (Lipinski definition) is 4. The molecule has 19 heavy (non-hydrogen) atoms. The molecule has 110 valence electrons. The van der Waals surface area contributed by atoms with E-state index in [4.69, 9.17) is 14.6 Å². The van der Waals surface area contributed by atoms with Crippen LogP contribution in [0.3, 0.4) is 0 Å². The van der Waals surface area contributed by atoms with Crippen molar-refractivity contribution < 1.29 is 24.2 Å². The molecule has 2 amide bonds. The summed E-state index contributed by atoms with van der Waals surface area (Å²) in [5, 5.41) is 9.15. The fraction of sp³-hybridized carbons (Fsp3) is 0.833. The van der Waals surface area contributed by atoms with Gasteiger partial charge in [0.1, 0.15) is 6.04 Å². The first kappa shape index (κ1) is 15.7. The molecule has 1 N–H and O–H groups in total. The van der Waals surface area contributed by atoms with Crippen LogP contribution in [-0.4, -0.2) is 79.5 Å². The molecule has 0 aliphatic carbocycles. The average Bonchev–Trinajstić information content (AvgIpc) is 2.82. The first-order chi connectivity index (χ1) is 9.01. The van der Waals surface area contributed by atoms with Crippen LogP contribution in [0.4, 0.5) is 4.79 Å². The summed E-state index contributed by atoms with van der Waals surface area (Å²) in [4.78, 5) is 26.2. The van der Waals surface area contributed by atoms with E-state index in [0.717, 1.165) is 0 Å². The van der Waals surface area contributed by atoms with Crippen molar-refractivity contribution in [2.24, 2.45) is 0 Å². The van der Waals surface area contributed by atoms with E-state index in [1.807, 2.05) is 6.92 Å². The second-order valence-electron chi connectivity index (χ2n) is 4.50. The molecule has 1 saturated heterocycles. The molecule has 1 aliphatic heterocycles. The number of ether oxygens (including phenoxy) is 2. The van der Waals surface area contributed by atoms with Crippen LogP contribution in [0.1, 0.15) is 13.3 Å². The molecule has 0 bridgehead atoms. The van der Waals surface area contributed by atoms with Crippen LogP contribution >= 0.6 is 0 Å². The van der Waals surface area contributed by atoms with Gasteiger partial charge >= 0.3 is 12.0 Å². The van der Waals surface area contributed by atoms with Crippen LogP contribution in [0, 0.1) is 0 Å². The molecule has 0 saturated carbocycles. The Bertz CT molecular complexity index is 323. The Labute approximate surface area is 113 Å². The van der Waals surface area contributed by atoms with E-state index in [1.165, 1.54) is 16.9 Å². The van der Waals surface area contributed by atoms with Crippen molar-refractivity contribution in [2.45, 2.75) is 25.5 Å². The first-order valence-corrected chi connectivity index (χ1v) is 6.36. The van der Waals surface area contributed by atoms with E-state index in [1.54, 1.807) is 7.05 Å². The van der Waals surface area contributed by atoms with Gasteiger partial charge in [-0.25, -0.2) is 9.59 Å². The Morgan fingerprint density at radius 2 is 2.16 bits per heavy atom. The highest BCUT2D eigenvalue weighted by molar-refractivity contribution is 5.83. The van der Waals surface area contributed by atoms with Crippen LogP contribution in [0.5, 0.6) is 0 Å². The van der Waals surface area contributed by atoms with Crippen molar-refractivity contribution in [2.75, 3.05) is 40.5 Å². The van der Waals surface area contributed by atoms with Gasteiger partial charge in [0.2, 0.25) is 0 Å². The number of carbonyl (C=O) groups excluding carboxylic acids is 1. The summed E-state index contributed by atoms with van der Waals surface area (Å²) >= 11 is 0. The van der Waals surface area contributed by atoms with Crippen LogP contribution in [0.15, 0.2) is 0 Å². The Hall–Kier alpha value is -1.34. The van der Waals surface area contributed by atoms with Gasteiger partial charge in [-0.15, -0.1) is 0 Å². The Balaban J connectivity index is 2.60. The quantitative estimate of drug-likeness (QED) is 0.702. The number of methoxy groups -OCH3 is 1. The fourth-order valence-electron chi connectivity index (χ4n) is 2.07. The molecular weight excluding hydrogens is 252 g/mol. The van der Waals surface area contributed by atoms with Gasteiger partial charge in [0.05, 0.1) is 12.7 Å². The van der Waals surface area contributed by atoms with Crippen LogP contribution in [-0.2, 0) is 14.3 Å². The van der Waals surface area contributed by atoms with Gasteiger partial charge < -0.3 is 24.4 Å². The second-order valence-corrected chi connectivity index (χ2v) is 4.50. The summed E-state index contributed by atoms with van der Waals surface area (Å²) in [7, 11) is 3.16. The number of carboxylic acid groups (broad SMARTS) is 1. The third kappa shape index (κ3) is 4.07. The lowest BCUT2D eigenvalue weighted by Gasteiger charge is -2.27. The normalized spacial score (nSPS) is 22.6. The highest BCUT2D eigenvalue weighted by Crippen LogP contribution is 2.21. The van der Waals surface area contributed by atoms with Crippen molar-refractivity contribution in [1.29, 1.82) is 0 Å². The Kier molecular flexibility index (Phi) is 6.04. The number of aliphatic carboxylic acids is 1. The largest absolute Gasteiger partial charge is 0.480 e. The third-order valence-corrected chi connectivity index (χ3v) is 3.23. The number of nitrogens with zero attached hydrogens (tertiary/aromatic N) is 2. The van der Waals surface area contributed by atoms with Crippen LogP contribution in [0.25, 0.3) is 0 Å². The zero-order valence-electron chi connectivity index (χ0n) is 11.7. The highest BCUT2D eigenvalue weighted by Gasteiger charge is 2.40. The minimum absolute atomic E-state index is 0.217. The lowest BCUT2D eigenvalue weighted by Crippen LogP contribution is -2.47. The number of amides is 2. The lowest BCUT2D eigenvalue weighted by molar-refractivity contribution is -0.141. The number of urea groups is 1. The molecule has 1 heterocycles. The van der Waals surface area contributed by atoms with Crippen molar-refractivity contribution in [3.8, 4) is 0 Å². The molecule has 1 rings (SSSR count). The average molecular weight is 274 g/mol. The SMILES string of the molecule is CCOCCN(C)C(=O)N1CC(OC)CC1C(=O)O. The molecule has 0 aromatic rings. The van der Waals surface area contributed by atoms with Gasteiger partial charge in [0.15, 0.2) is 0 Å². The second kappa shape index (κ2) is 7.30. The van der Waals surface area contributed by atoms with E-state index < -0.39 is 12.0 Å². The first-order valence-electron chi connectivity index (χ1n) is 6.36. The van der Waals surface area contributed by atoms with Gasteiger partial charge in [-0.3, -0.25) is 0 Å². The van der Waals surface area contributed by atoms with E-state index in [9.17, 15) is 9.59 Å². The monoisotopic (exact) mass is 274 g/mol. The van der Waals surface area contributed by atoms with E-state index >= 15 is 0 Å². The standard InChI is InChI=1S/C12H22N2O5/c1-4-19-6-5-13(2)12(17)14-8-9(18-3)7-10(14)11(15)16/h9-10H,4-8H2,1-3H3,(H,15,16). The summed E-state index contributed by atoms with van der Waals surface area (Å²) in [6.07, 6.45) is 0.113. The Morgan fingerprint density at radius 3 is 2.68 bits per heavy atom. The zero-order valence-corrected chi connectivity index (χ0v) is 11.7. The van der Waals surface area contributed by atoms with E-state index in [0.29, 0.717) is 32.7 Å². The third-order valence-electron chi connectivity index (χ3n) is 3.23. The zero-order chi connectivity index (χ0) is 14.4. The van der Waals surface area contributed by atoms with Gasteiger partial charge in [-0.1, -0.05) is 0 Å². The molecule has 7 nitrogen and oxygen atoms in total. The number of likely N-dealkylation sites (N-methyl/N-ethyl adjacent to an activating group) is 1. The van der Waals surface area contributed by atoms with Crippen molar-refractivity contribution in [3.05, 3.63) is 0 Å². The molecule has 2 atom stereocenters. The molecule has 0 spiro atoms. The van der Waals surface area contributed by atoms with Gasteiger partial charge in [0.25, 0.3) is 0 Å². The summed E-state index contributed by atoms with van der Waals surface area (Å²) in [5.74, 6) is -0.994. The topological polar surface area (TPSA) is 79.3 Å². The molecule has 0 radical (unpaired) electrons. The predicted octanol–water partition coefficient (Wildman–Crippen LogP) is 0.249. The van der Waals surface area contributed by atoms with Gasteiger partial charge in [0, 0.05) is 40.3 Å². The van der Waals surface area contributed by atoms with Crippen molar-refractivity contribution in [3.63, 3.8) is 0 Å². The number of carboxylic acids is 1. The molecule has 0 aromatic carbocycles. The molecule has 2 unspecified atom stereocenters. The summed E-state index contributed by atoms with van der Waals surface area (Å²) in [6, 6.07) is -1.11. The maximum absolute atomic E-state index is 12.2. The molecule has 0 aromatic heterocycles. The fourth-order valence-corrected chi connectivity index (χ4v) is 2.07. The molecule has 1 aliphatic rings. The molecule has 7 heteroatoms. The maximum atomic E-state index is 12.2. The summed E-state index contributed by atoms with van der Waals surface area (Å²) < 4.78 is 10.3. The maximum Gasteiger partial charge on any atom is 0.326 e. The number of likely N-dealkylation sites (tertiary alicyclic amines) is 1. The van der Waals surface area contributed by atoms with Crippen LogP contribution in [0.2, 0.25) is 0 Å². The number of carbonyl (C=O) groups is 2. The summed E-state index contributed by atoms with van der Waals surface area (Å²) in [6.45, 7) is 3.66. The molecular formula is C12H22N2O5. The van der Waals surface area contributed by atoms with E-state index in [2.05, 4.69) is 0 Å². The molecule has 1 fully saturated rings. The number of hydrogen-bond donors (Lipinski definition) is 1. The number of rotatable bonds is 6. The van der Waals surface area contributed by atoms with Crippen molar-refractivity contribution >= 4 is 12.0 Å². The minimum Gasteiger partial charge on any atom is -0.480 e. The minimum atomic E-state index is -0.994. The van der Waals surface area contributed by atoms with Gasteiger partial charge in [-0.05, 0) is 6.92 Å². The van der Waals surface area contributed by atoms with Crippen molar-refractivity contribution in [1.82, 2.24) is 9.80 Å².